The summed E-state index contributed by atoms with van der Waals surface area (Å²) in [5.41, 5.74) is 11.1. The van der Waals surface area contributed by atoms with Gasteiger partial charge in [-0.25, -0.2) is 4.98 Å². The van der Waals surface area contributed by atoms with E-state index in [9.17, 15) is 10.2 Å². The average molecular weight is 371 g/mol. The minimum Gasteiger partial charge on any atom is -0.391 e. The lowest BCUT2D eigenvalue weighted by Gasteiger charge is -2.27. The van der Waals surface area contributed by atoms with E-state index < -0.39 is 30.1 Å². The summed E-state index contributed by atoms with van der Waals surface area (Å²) >= 11 is 10.7. The van der Waals surface area contributed by atoms with E-state index in [1.54, 1.807) is 0 Å². The van der Waals surface area contributed by atoms with Gasteiger partial charge in [0.2, 0.25) is 5.95 Å². The zero-order valence-electron chi connectivity index (χ0n) is 12.5. The first-order valence-electron chi connectivity index (χ1n) is 6.95. The van der Waals surface area contributed by atoms with Crippen molar-refractivity contribution in [1.82, 2.24) is 19.5 Å². The van der Waals surface area contributed by atoms with E-state index in [1.165, 1.54) is 17.8 Å². The smallest absolute Gasteiger partial charge is 0.200 e. The van der Waals surface area contributed by atoms with Crippen LogP contribution in [0, 0.1) is 15.9 Å². The second-order valence-electron chi connectivity index (χ2n) is 5.57. The second kappa shape index (κ2) is 5.96. The maximum absolute atomic E-state index is 10.5. The van der Waals surface area contributed by atoms with E-state index >= 15 is 0 Å². The Balaban J connectivity index is 2.20. The fourth-order valence-electron chi connectivity index (χ4n) is 2.76. The van der Waals surface area contributed by atoms with Crippen LogP contribution in [0.2, 0.25) is 0 Å². The number of hydrogen-bond donors (Lipinski definition) is 5. The molecular formula is C13H15ClN6O3S. The third-order valence-corrected chi connectivity index (χ3v) is 4.33. The van der Waals surface area contributed by atoms with Crippen molar-refractivity contribution in [3.05, 3.63) is 11.0 Å². The fraction of sp³-hybridized carbons (Fsp3) is 0.462. The summed E-state index contributed by atoms with van der Waals surface area (Å²) in [6.45, 7) is 1.48. The highest BCUT2D eigenvalue weighted by Gasteiger charge is 2.56. The highest BCUT2D eigenvalue weighted by atomic mass is 35.5. The first kappa shape index (κ1) is 17.1. The van der Waals surface area contributed by atoms with Crippen LogP contribution in [-0.2, 0) is 4.74 Å². The van der Waals surface area contributed by atoms with E-state index in [0.29, 0.717) is 15.8 Å². The van der Waals surface area contributed by atoms with Crippen LogP contribution in [0.15, 0.2) is 6.33 Å². The molecule has 1 unspecified atom stereocenters. The average Bonchev–Trinajstić information content (AvgIpc) is 3.00. The highest BCUT2D eigenvalue weighted by molar-refractivity contribution is 7.71. The molecule has 0 saturated carbocycles. The number of rotatable bonds is 2. The number of nitrogens with two attached hydrogens (primary N) is 2. The van der Waals surface area contributed by atoms with Crippen molar-refractivity contribution in [2.24, 2.45) is 5.73 Å². The molecule has 1 fully saturated rings. The first-order valence-corrected chi connectivity index (χ1v) is 7.73. The van der Waals surface area contributed by atoms with Gasteiger partial charge in [-0.15, -0.1) is 0 Å². The van der Waals surface area contributed by atoms with Gasteiger partial charge in [-0.05, 0) is 18.5 Å². The summed E-state index contributed by atoms with van der Waals surface area (Å²) in [7, 11) is 0. The molecule has 1 saturated heterocycles. The number of halogens is 1. The molecule has 2 aromatic rings. The Morgan fingerprint density at radius 3 is 2.96 bits per heavy atom. The van der Waals surface area contributed by atoms with Crippen molar-refractivity contribution in [3.63, 3.8) is 0 Å². The quantitative estimate of drug-likeness (QED) is 0.354. The molecule has 0 bridgehead atoms. The van der Waals surface area contributed by atoms with Crippen LogP contribution in [0.1, 0.15) is 13.2 Å². The summed E-state index contributed by atoms with van der Waals surface area (Å²) in [4.78, 5) is 11.0. The van der Waals surface area contributed by atoms with Crippen LogP contribution < -0.4 is 11.5 Å². The number of aliphatic hydroxyl groups is 2. The summed E-state index contributed by atoms with van der Waals surface area (Å²) < 4.78 is 7.51. The van der Waals surface area contributed by atoms with Gasteiger partial charge in [-0.3, -0.25) is 4.57 Å². The van der Waals surface area contributed by atoms with Gasteiger partial charge < -0.3 is 31.4 Å². The van der Waals surface area contributed by atoms with Gasteiger partial charge in [0.05, 0.1) is 12.4 Å². The van der Waals surface area contributed by atoms with Crippen LogP contribution in [0.4, 0.5) is 5.95 Å². The lowest BCUT2D eigenvalue weighted by molar-refractivity contribution is -0.0756. The molecule has 9 nitrogen and oxygen atoms in total. The van der Waals surface area contributed by atoms with Gasteiger partial charge in [-0.1, -0.05) is 18.1 Å². The molecule has 5 atom stereocenters. The fourth-order valence-corrected chi connectivity index (χ4v) is 3.17. The molecule has 3 rings (SSSR count). The van der Waals surface area contributed by atoms with E-state index in [-0.39, 0.29) is 5.95 Å². The molecular weight excluding hydrogens is 356 g/mol. The molecule has 3 heterocycles. The molecule has 2 aromatic heterocycles. The number of aromatic amines is 1. The van der Waals surface area contributed by atoms with E-state index in [2.05, 4.69) is 26.3 Å². The van der Waals surface area contributed by atoms with Crippen LogP contribution in [0.25, 0.3) is 11.2 Å². The van der Waals surface area contributed by atoms with Gasteiger partial charge in [0, 0.05) is 5.38 Å². The third-order valence-electron chi connectivity index (χ3n) is 3.94. The molecule has 0 spiro atoms. The van der Waals surface area contributed by atoms with Crippen molar-refractivity contribution in [3.8, 4) is 11.3 Å². The maximum atomic E-state index is 10.5. The number of aliphatic hydroxyl groups excluding tert-OH is 2. The van der Waals surface area contributed by atoms with Crippen molar-refractivity contribution >= 4 is 40.9 Å². The minimum absolute atomic E-state index is 0.0888. The maximum Gasteiger partial charge on any atom is 0.200 e. The molecule has 1 aliphatic rings. The van der Waals surface area contributed by atoms with E-state index in [1.807, 2.05) is 0 Å². The lowest BCUT2D eigenvalue weighted by Crippen LogP contribution is -2.54. The van der Waals surface area contributed by atoms with Crippen molar-refractivity contribution in [1.29, 1.82) is 0 Å². The monoisotopic (exact) mass is 370 g/mol. The predicted molar refractivity (Wildman–Crippen MR) is 89.3 cm³/mol. The van der Waals surface area contributed by atoms with Gasteiger partial charge in [0.1, 0.15) is 22.4 Å². The number of imidazole rings is 1. The first-order chi connectivity index (χ1) is 11.3. The third kappa shape index (κ3) is 2.46. The number of nitrogen functional groups attached to an aromatic ring is 1. The Labute approximate surface area is 146 Å². The molecule has 0 aliphatic carbocycles. The number of anilines is 1. The van der Waals surface area contributed by atoms with Gasteiger partial charge in [0.15, 0.2) is 17.4 Å². The Morgan fingerprint density at radius 2 is 2.33 bits per heavy atom. The number of hydrogen-bond acceptors (Lipinski definition) is 8. The van der Waals surface area contributed by atoms with E-state index in [4.69, 9.17) is 40.0 Å². The molecule has 0 amide bonds. The second-order valence-corrected chi connectivity index (χ2v) is 6.16. The summed E-state index contributed by atoms with van der Waals surface area (Å²) in [6, 6.07) is 0. The number of nitrogens with one attached hydrogen (secondary N) is 1. The molecule has 7 N–H and O–H groups in total. The van der Waals surface area contributed by atoms with Crippen molar-refractivity contribution in [2.45, 2.75) is 37.0 Å². The number of nitrogens with zero attached hydrogens (tertiary/aromatic N) is 3. The molecule has 24 heavy (non-hydrogen) atoms. The molecule has 128 valence electrons. The van der Waals surface area contributed by atoms with Gasteiger partial charge >= 0.3 is 0 Å². The molecule has 1 aliphatic heterocycles. The van der Waals surface area contributed by atoms with Crippen LogP contribution in [-0.4, -0.2) is 53.6 Å². The summed E-state index contributed by atoms with van der Waals surface area (Å²) in [5.74, 6) is 2.64. The van der Waals surface area contributed by atoms with Gasteiger partial charge in [-0.2, -0.15) is 4.98 Å². The van der Waals surface area contributed by atoms with Gasteiger partial charge in [0.25, 0.3) is 0 Å². The molecule has 11 heteroatoms. The largest absolute Gasteiger partial charge is 0.391 e. The van der Waals surface area contributed by atoms with Crippen LogP contribution in [0.3, 0.4) is 0 Å². The number of ether oxygens (including phenoxy) is 1. The summed E-state index contributed by atoms with van der Waals surface area (Å²) in [5, 5.41) is 22.5. The number of aromatic nitrogens is 4. The number of H-pyrrole nitrogens is 1. The van der Waals surface area contributed by atoms with E-state index in [0.717, 1.165) is 0 Å². The minimum atomic E-state index is -1.59. The summed E-state index contributed by atoms with van der Waals surface area (Å²) in [6.07, 6.45) is -2.85. The Morgan fingerprint density at radius 1 is 1.62 bits per heavy atom. The zero-order chi connectivity index (χ0) is 17.6. The van der Waals surface area contributed by atoms with Crippen molar-refractivity contribution < 1.29 is 14.9 Å². The molecule has 0 radical (unpaired) electrons. The zero-order valence-corrected chi connectivity index (χ0v) is 14.0. The number of fused-ring (bicyclic) bond motifs is 1. The normalized spacial score (nSPS) is 31.0. The highest BCUT2D eigenvalue weighted by Crippen LogP contribution is 2.39. The molecule has 0 aromatic carbocycles. The topological polar surface area (TPSA) is 148 Å². The standard InChI is InChI=1S/C13H15ClN6O3S/c1-5(21)7-8(22)13(16,2-3-14)11(23-7)20-4-17-6-9(20)18-12(15)19-10(6)24/h4-5,7-8,11,21-22H,16H2,1H3,(H3,15,18,19,24)/t5-,7-,8+,11-,13?/m1/s1. The van der Waals surface area contributed by atoms with Crippen molar-refractivity contribution in [2.75, 3.05) is 5.73 Å². The predicted octanol–water partition coefficient (Wildman–Crippen LogP) is -0.393. The Kier molecular flexibility index (Phi) is 4.25. The van der Waals surface area contributed by atoms with Crippen LogP contribution >= 0.6 is 23.8 Å². The lowest BCUT2D eigenvalue weighted by atomic mass is 9.90. The Hall–Kier alpha value is -1.74. The Bertz CT molecular complexity index is 902. The van der Waals surface area contributed by atoms with Crippen LogP contribution in [0.5, 0.6) is 0 Å². The SMILES string of the molecule is C[C@@H](O)[C@H]1O[C@@H](n2cnc3c(=S)[nH]c(N)nc32)C(N)(C#CCl)[C@H]1O.